The zero-order valence-corrected chi connectivity index (χ0v) is 18.0. The fourth-order valence-electron chi connectivity index (χ4n) is 3.40. The fraction of sp³-hybridized carbons (Fsp3) is 0.533. The maximum atomic E-state index is 12.9. The van der Waals surface area contributed by atoms with Crippen LogP contribution in [-0.4, -0.2) is 98.8 Å². The smallest absolute Gasteiger partial charge is 0.313 e. The van der Waals surface area contributed by atoms with Crippen molar-refractivity contribution in [1.29, 1.82) is 0 Å². The molecular weight excluding hydrogens is 468 g/mol. The van der Waals surface area contributed by atoms with E-state index in [1.54, 1.807) is 0 Å². The predicted molar refractivity (Wildman–Crippen MR) is 105 cm³/mol. The molecule has 2 unspecified atom stereocenters. The highest BCUT2D eigenvalue weighted by Gasteiger charge is 2.60. The number of hydrogen-bond acceptors (Lipinski definition) is 12. The Balaban J connectivity index is 1.46. The number of aliphatic carboxylic acids is 2. The summed E-state index contributed by atoms with van der Waals surface area (Å²) < 4.78 is 5.22. The van der Waals surface area contributed by atoms with E-state index in [1.807, 2.05) is 0 Å². The van der Waals surface area contributed by atoms with Gasteiger partial charge < -0.3 is 19.5 Å². The number of aromatic nitrogens is 6. The number of carboxylic acids is 2. The van der Waals surface area contributed by atoms with Crippen molar-refractivity contribution < 1.29 is 33.8 Å². The van der Waals surface area contributed by atoms with Crippen LogP contribution in [0.2, 0.25) is 0 Å². The number of carboxylic acid groups (broad SMARTS) is 2. The SMILES string of the molecule is CC(=O)N(C1C(=O)N2CC(CSc3nnc(CC(=O)O)o3)(C(=O)O)CS[C@H]12)n1cnnn1. The second kappa shape index (κ2) is 8.38. The molecule has 170 valence electrons. The molecule has 0 bridgehead atoms. The van der Waals surface area contributed by atoms with E-state index in [0.29, 0.717) is 0 Å². The van der Waals surface area contributed by atoms with Gasteiger partial charge in [-0.25, -0.2) is 5.01 Å². The zero-order valence-electron chi connectivity index (χ0n) is 16.4. The first kappa shape index (κ1) is 22.0. The highest BCUT2D eigenvalue weighted by molar-refractivity contribution is 8.00. The number of fused-ring (bicyclic) bond motifs is 1. The molecule has 2 saturated heterocycles. The molecule has 2 aliphatic rings. The molecule has 2 aromatic rings. The van der Waals surface area contributed by atoms with Crippen LogP contribution in [0.4, 0.5) is 0 Å². The van der Waals surface area contributed by atoms with Crippen LogP contribution < -0.4 is 5.01 Å². The summed E-state index contributed by atoms with van der Waals surface area (Å²) in [5.41, 5.74) is -1.30. The van der Waals surface area contributed by atoms with Gasteiger partial charge >= 0.3 is 11.9 Å². The third-order valence-corrected chi connectivity index (χ3v) is 7.62. The molecule has 3 atom stereocenters. The molecule has 0 aromatic carbocycles. The maximum absolute atomic E-state index is 12.9. The van der Waals surface area contributed by atoms with E-state index in [0.717, 1.165) is 21.6 Å². The number of β-lactam (4-membered cyclic amide) rings is 1. The number of thioether (sulfide) groups is 2. The molecule has 0 saturated carbocycles. The zero-order chi connectivity index (χ0) is 23.0. The van der Waals surface area contributed by atoms with Crippen LogP contribution in [0.5, 0.6) is 0 Å². The van der Waals surface area contributed by atoms with Crippen molar-refractivity contribution in [2.24, 2.45) is 5.41 Å². The summed E-state index contributed by atoms with van der Waals surface area (Å²) in [6.07, 6.45) is 0.763. The standard InChI is InChI=1S/C15H16N8O7S2/c1-7(24)23(22-6-16-19-20-22)10-11(27)21-3-15(13(28)29,4-31-12(10)21)5-32-14-18-17-8(30-14)2-9(25)26/h6,10,12H,2-5H2,1H3,(H,25,26)(H,28,29)/t10?,12-,15?/m1/s1. The molecular formula is C15H16N8O7S2. The largest absolute Gasteiger partial charge is 0.481 e. The van der Waals surface area contributed by atoms with Crippen LogP contribution in [0.3, 0.4) is 0 Å². The Labute approximate surface area is 187 Å². The molecule has 4 heterocycles. The third-order valence-electron chi connectivity index (χ3n) is 4.94. The number of amides is 2. The van der Waals surface area contributed by atoms with Gasteiger partial charge in [-0.3, -0.25) is 19.2 Å². The lowest BCUT2D eigenvalue weighted by atomic mass is 9.89. The topological polar surface area (TPSA) is 198 Å². The lowest BCUT2D eigenvalue weighted by molar-refractivity contribution is -0.157. The van der Waals surface area contributed by atoms with E-state index >= 15 is 0 Å². The molecule has 15 nitrogen and oxygen atoms in total. The van der Waals surface area contributed by atoms with Gasteiger partial charge in [-0.1, -0.05) is 11.8 Å². The highest BCUT2D eigenvalue weighted by Crippen LogP contribution is 2.45. The van der Waals surface area contributed by atoms with Crippen LogP contribution in [0.25, 0.3) is 0 Å². The van der Waals surface area contributed by atoms with Crippen LogP contribution in [0.15, 0.2) is 16.0 Å². The molecule has 2 amide bonds. The summed E-state index contributed by atoms with van der Waals surface area (Å²) in [6.45, 7) is 1.21. The molecule has 0 radical (unpaired) electrons. The normalized spacial score (nSPS) is 24.5. The quantitative estimate of drug-likeness (QED) is 0.318. The van der Waals surface area contributed by atoms with Gasteiger partial charge in [-0.15, -0.1) is 31.8 Å². The van der Waals surface area contributed by atoms with Gasteiger partial charge in [-0.2, -0.15) is 0 Å². The summed E-state index contributed by atoms with van der Waals surface area (Å²) >= 11 is 2.22. The summed E-state index contributed by atoms with van der Waals surface area (Å²) in [4.78, 5) is 50.4. The maximum Gasteiger partial charge on any atom is 0.313 e. The average molecular weight is 484 g/mol. The summed E-state index contributed by atoms with van der Waals surface area (Å²) in [5.74, 6) is -2.97. The van der Waals surface area contributed by atoms with Crippen molar-refractivity contribution in [2.75, 3.05) is 23.1 Å². The Morgan fingerprint density at radius 3 is 2.78 bits per heavy atom. The van der Waals surface area contributed by atoms with Crippen molar-refractivity contribution >= 4 is 47.3 Å². The minimum atomic E-state index is -1.30. The molecule has 4 rings (SSSR count). The fourth-order valence-corrected chi connectivity index (χ4v) is 6.07. The molecule has 0 spiro atoms. The van der Waals surface area contributed by atoms with Gasteiger partial charge in [0.15, 0.2) is 12.4 Å². The second-order valence-corrected chi connectivity index (χ2v) is 9.14. The first-order valence-corrected chi connectivity index (χ1v) is 11.1. The monoisotopic (exact) mass is 484 g/mol. The van der Waals surface area contributed by atoms with Crippen LogP contribution in [0.1, 0.15) is 12.8 Å². The van der Waals surface area contributed by atoms with Crippen molar-refractivity contribution in [2.45, 2.75) is 30.0 Å². The van der Waals surface area contributed by atoms with Crippen LogP contribution in [-0.2, 0) is 25.6 Å². The summed E-state index contributed by atoms with van der Waals surface area (Å²) in [6, 6.07) is -0.852. The van der Waals surface area contributed by atoms with Crippen LogP contribution >= 0.6 is 23.5 Å². The first-order chi connectivity index (χ1) is 15.2. The van der Waals surface area contributed by atoms with Crippen molar-refractivity contribution in [3.63, 3.8) is 0 Å². The minimum Gasteiger partial charge on any atom is -0.481 e. The van der Waals surface area contributed by atoms with Gasteiger partial charge in [0.05, 0.1) is 0 Å². The van der Waals surface area contributed by atoms with Gasteiger partial charge in [0, 0.05) is 25.0 Å². The number of tetrazole rings is 1. The number of nitrogens with zero attached hydrogens (tertiary/aromatic N) is 8. The Kier molecular flexibility index (Phi) is 5.76. The summed E-state index contributed by atoms with van der Waals surface area (Å²) in [7, 11) is 0. The van der Waals surface area contributed by atoms with Crippen molar-refractivity contribution in [3.05, 3.63) is 12.2 Å². The average Bonchev–Trinajstić information content (AvgIpc) is 3.41. The third kappa shape index (κ3) is 3.88. The molecule has 32 heavy (non-hydrogen) atoms. The van der Waals surface area contributed by atoms with Crippen molar-refractivity contribution in [1.82, 2.24) is 35.4 Å². The number of carbonyl (C=O) groups is 4. The van der Waals surface area contributed by atoms with E-state index < -0.39 is 47.0 Å². The Hall–Kier alpha value is -3.21. The van der Waals surface area contributed by atoms with Gasteiger partial charge in [0.1, 0.15) is 17.2 Å². The number of rotatable bonds is 8. The van der Waals surface area contributed by atoms with E-state index in [-0.39, 0.29) is 29.2 Å². The molecule has 2 aromatic heterocycles. The lowest BCUT2D eigenvalue weighted by Gasteiger charge is -2.55. The Bertz CT molecular complexity index is 1060. The second-order valence-electron chi connectivity index (χ2n) is 7.11. The minimum absolute atomic E-state index is 0.0224. The predicted octanol–water partition coefficient (Wildman–Crippen LogP) is -1.69. The summed E-state index contributed by atoms with van der Waals surface area (Å²) in [5, 5.41) is 37.4. The Morgan fingerprint density at radius 2 is 2.16 bits per heavy atom. The van der Waals surface area contributed by atoms with E-state index in [2.05, 4.69) is 25.7 Å². The van der Waals surface area contributed by atoms with Crippen LogP contribution in [0, 0.1) is 5.41 Å². The molecule has 2 fully saturated rings. The number of hydrogen-bond donors (Lipinski definition) is 2. The van der Waals surface area contributed by atoms with E-state index in [1.165, 1.54) is 29.9 Å². The van der Waals surface area contributed by atoms with Gasteiger partial charge in [0.25, 0.3) is 11.1 Å². The van der Waals surface area contributed by atoms with E-state index in [4.69, 9.17) is 9.52 Å². The Morgan fingerprint density at radius 1 is 1.38 bits per heavy atom. The van der Waals surface area contributed by atoms with Crippen molar-refractivity contribution in [3.8, 4) is 0 Å². The highest BCUT2D eigenvalue weighted by atomic mass is 32.2. The molecule has 2 aliphatic heterocycles. The van der Waals surface area contributed by atoms with E-state index in [9.17, 15) is 24.3 Å². The molecule has 2 N–H and O–H groups in total. The van der Waals surface area contributed by atoms with Gasteiger partial charge in [0.2, 0.25) is 11.8 Å². The van der Waals surface area contributed by atoms with Gasteiger partial charge in [-0.05, 0) is 10.4 Å². The number of carbonyl (C=O) groups excluding carboxylic acids is 2. The lowest BCUT2D eigenvalue weighted by Crippen LogP contribution is -2.76. The molecule has 0 aliphatic carbocycles. The molecule has 17 heteroatoms. The first-order valence-electron chi connectivity index (χ1n) is 9.07.